The van der Waals surface area contributed by atoms with Crippen molar-refractivity contribution in [1.82, 2.24) is 15.0 Å². The molecule has 0 spiro atoms. The van der Waals surface area contributed by atoms with Crippen LogP contribution in [0.2, 0.25) is 10.0 Å². The van der Waals surface area contributed by atoms with Gasteiger partial charge in [0.1, 0.15) is 0 Å². The maximum atomic E-state index is 12.4. The molecule has 0 unspecified atom stereocenters. The maximum absolute atomic E-state index is 12.4. The van der Waals surface area contributed by atoms with E-state index in [9.17, 15) is 4.79 Å². The van der Waals surface area contributed by atoms with Crippen molar-refractivity contribution < 1.29 is 4.79 Å². The van der Waals surface area contributed by atoms with E-state index in [-0.39, 0.29) is 11.6 Å². The minimum Gasteiger partial charge on any atom is -0.319 e. The molecule has 0 aliphatic rings. The number of nitrogens with zero attached hydrogens (tertiary/aromatic N) is 3. The van der Waals surface area contributed by atoms with Gasteiger partial charge in [0.2, 0.25) is 0 Å². The summed E-state index contributed by atoms with van der Waals surface area (Å²) in [6.07, 6.45) is 0. The minimum absolute atomic E-state index is 0.252. The van der Waals surface area contributed by atoms with Gasteiger partial charge in [-0.3, -0.25) is 4.79 Å². The Hall–Kier alpha value is -2.37. The second-order valence-corrected chi connectivity index (χ2v) is 6.01. The first-order chi connectivity index (χ1) is 11.6. The van der Waals surface area contributed by atoms with Crippen molar-refractivity contribution in [2.45, 2.75) is 13.5 Å². The molecule has 122 valence electrons. The zero-order valence-electron chi connectivity index (χ0n) is 12.8. The fraction of sp³-hybridized carbons (Fsp3) is 0.118. The van der Waals surface area contributed by atoms with Crippen LogP contribution in [0.1, 0.15) is 21.7 Å². The second-order valence-electron chi connectivity index (χ2n) is 5.22. The van der Waals surface area contributed by atoms with E-state index >= 15 is 0 Å². The highest BCUT2D eigenvalue weighted by Crippen LogP contribution is 2.29. The van der Waals surface area contributed by atoms with Crippen molar-refractivity contribution in [1.29, 1.82) is 0 Å². The lowest BCUT2D eigenvalue weighted by Gasteiger charge is -2.07. The molecule has 0 radical (unpaired) electrons. The van der Waals surface area contributed by atoms with Gasteiger partial charge in [0.05, 0.1) is 28.0 Å². The topological polar surface area (TPSA) is 59.8 Å². The Kier molecular flexibility index (Phi) is 4.83. The summed E-state index contributed by atoms with van der Waals surface area (Å²) in [4.78, 5) is 12.4. The average Bonchev–Trinajstić information content (AvgIpc) is 2.94. The summed E-state index contributed by atoms with van der Waals surface area (Å²) >= 11 is 12.0. The van der Waals surface area contributed by atoms with Crippen LogP contribution >= 0.6 is 23.2 Å². The van der Waals surface area contributed by atoms with Gasteiger partial charge in [-0.25, -0.2) is 4.68 Å². The molecule has 1 aromatic heterocycles. The molecule has 0 saturated heterocycles. The highest BCUT2D eigenvalue weighted by Gasteiger charge is 2.18. The zero-order valence-corrected chi connectivity index (χ0v) is 14.3. The van der Waals surface area contributed by atoms with E-state index in [0.717, 1.165) is 5.56 Å². The Morgan fingerprint density at radius 3 is 2.62 bits per heavy atom. The van der Waals surface area contributed by atoms with Gasteiger partial charge in [0, 0.05) is 0 Å². The lowest BCUT2D eigenvalue weighted by molar-refractivity contribution is 0.102. The second kappa shape index (κ2) is 7.03. The molecule has 1 heterocycles. The van der Waals surface area contributed by atoms with Gasteiger partial charge in [-0.05, 0) is 24.6 Å². The summed E-state index contributed by atoms with van der Waals surface area (Å²) in [5.41, 5.74) is 2.44. The molecular weight excluding hydrogens is 347 g/mol. The largest absolute Gasteiger partial charge is 0.319 e. The molecule has 0 atom stereocenters. The average molecular weight is 361 g/mol. The van der Waals surface area contributed by atoms with Crippen molar-refractivity contribution in [2.75, 3.05) is 5.32 Å². The molecule has 7 heteroatoms. The Balaban J connectivity index is 1.80. The number of hydrogen-bond acceptors (Lipinski definition) is 3. The van der Waals surface area contributed by atoms with E-state index in [4.69, 9.17) is 23.2 Å². The van der Waals surface area contributed by atoms with Crippen molar-refractivity contribution in [3.05, 3.63) is 75.5 Å². The van der Waals surface area contributed by atoms with E-state index < -0.39 is 0 Å². The first kappa shape index (κ1) is 16.5. The van der Waals surface area contributed by atoms with Gasteiger partial charge in [0.25, 0.3) is 5.91 Å². The highest BCUT2D eigenvalue weighted by molar-refractivity contribution is 6.44. The number of nitrogens with one attached hydrogen (secondary N) is 1. The van der Waals surface area contributed by atoms with Gasteiger partial charge >= 0.3 is 0 Å². The summed E-state index contributed by atoms with van der Waals surface area (Å²) in [6.45, 7) is 2.35. The molecule has 2 aromatic carbocycles. The number of carbonyl (C=O) groups is 1. The fourth-order valence-electron chi connectivity index (χ4n) is 2.26. The van der Waals surface area contributed by atoms with Crippen LogP contribution in [0.3, 0.4) is 0 Å². The number of rotatable bonds is 4. The van der Waals surface area contributed by atoms with Crippen molar-refractivity contribution in [2.24, 2.45) is 0 Å². The standard InChI is InChI=1S/C17H14Cl2N4O/c1-11-16(17(24)20-14-9-5-8-13(18)15(14)19)21-22-23(11)10-12-6-3-2-4-7-12/h2-9H,10H2,1H3,(H,20,24). The Morgan fingerprint density at radius 1 is 1.12 bits per heavy atom. The molecule has 1 N–H and O–H groups in total. The van der Waals surface area contributed by atoms with Gasteiger partial charge in [-0.2, -0.15) is 0 Å². The molecule has 0 aliphatic heterocycles. The number of aromatic nitrogens is 3. The van der Waals surface area contributed by atoms with Crippen LogP contribution in [0.4, 0.5) is 5.69 Å². The molecule has 0 aliphatic carbocycles. The summed E-state index contributed by atoms with van der Waals surface area (Å²) in [5.74, 6) is -0.379. The number of amides is 1. The van der Waals surface area contributed by atoms with Crippen LogP contribution < -0.4 is 5.32 Å². The lowest BCUT2D eigenvalue weighted by atomic mass is 10.2. The Morgan fingerprint density at radius 2 is 1.88 bits per heavy atom. The molecule has 3 rings (SSSR count). The molecular formula is C17H14Cl2N4O. The number of carbonyl (C=O) groups excluding carboxylic acids is 1. The fourth-order valence-corrected chi connectivity index (χ4v) is 2.61. The number of anilines is 1. The number of hydrogen-bond donors (Lipinski definition) is 1. The molecule has 24 heavy (non-hydrogen) atoms. The van der Waals surface area contributed by atoms with Gasteiger partial charge in [-0.1, -0.05) is 64.8 Å². The minimum atomic E-state index is -0.379. The molecule has 5 nitrogen and oxygen atoms in total. The zero-order chi connectivity index (χ0) is 17.1. The van der Waals surface area contributed by atoms with E-state index in [1.807, 2.05) is 30.3 Å². The third-order valence-corrected chi connectivity index (χ3v) is 4.39. The van der Waals surface area contributed by atoms with Crippen LogP contribution in [0.5, 0.6) is 0 Å². The van der Waals surface area contributed by atoms with E-state index in [0.29, 0.717) is 28.0 Å². The van der Waals surface area contributed by atoms with E-state index in [2.05, 4.69) is 15.6 Å². The van der Waals surface area contributed by atoms with Crippen LogP contribution in [0.25, 0.3) is 0 Å². The van der Waals surface area contributed by atoms with Crippen LogP contribution in [-0.2, 0) is 6.54 Å². The Bertz CT molecular complexity index is 878. The predicted molar refractivity (Wildman–Crippen MR) is 94.7 cm³/mol. The molecule has 0 saturated carbocycles. The third kappa shape index (κ3) is 3.42. The smallest absolute Gasteiger partial charge is 0.278 e. The highest BCUT2D eigenvalue weighted by atomic mass is 35.5. The van der Waals surface area contributed by atoms with Gasteiger partial charge in [0.15, 0.2) is 5.69 Å². The van der Waals surface area contributed by atoms with Gasteiger partial charge in [-0.15, -0.1) is 5.10 Å². The lowest BCUT2D eigenvalue weighted by Crippen LogP contribution is -2.14. The third-order valence-electron chi connectivity index (χ3n) is 3.57. The number of benzene rings is 2. The van der Waals surface area contributed by atoms with E-state index in [1.54, 1.807) is 29.8 Å². The van der Waals surface area contributed by atoms with Crippen LogP contribution in [-0.4, -0.2) is 20.9 Å². The summed E-state index contributed by atoms with van der Waals surface area (Å²) in [7, 11) is 0. The normalized spacial score (nSPS) is 10.6. The predicted octanol–water partition coefficient (Wildman–Crippen LogP) is 4.19. The van der Waals surface area contributed by atoms with Crippen molar-refractivity contribution in [3.8, 4) is 0 Å². The number of halogens is 2. The molecule has 3 aromatic rings. The quantitative estimate of drug-likeness (QED) is 0.758. The van der Waals surface area contributed by atoms with Crippen molar-refractivity contribution in [3.63, 3.8) is 0 Å². The first-order valence-electron chi connectivity index (χ1n) is 7.25. The summed E-state index contributed by atoms with van der Waals surface area (Å²) < 4.78 is 1.68. The SMILES string of the molecule is Cc1c(C(=O)Nc2cccc(Cl)c2Cl)nnn1Cc1ccccc1. The molecule has 0 bridgehead atoms. The van der Waals surface area contributed by atoms with Crippen LogP contribution in [0, 0.1) is 6.92 Å². The Labute approximate surface area is 149 Å². The van der Waals surface area contributed by atoms with Crippen molar-refractivity contribution >= 4 is 34.8 Å². The molecule has 0 fully saturated rings. The maximum Gasteiger partial charge on any atom is 0.278 e. The summed E-state index contributed by atoms with van der Waals surface area (Å²) in [5, 5.41) is 11.4. The molecule has 1 amide bonds. The first-order valence-corrected chi connectivity index (χ1v) is 8.01. The van der Waals surface area contributed by atoms with Crippen LogP contribution in [0.15, 0.2) is 48.5 Å². The summed E-state index contributed by atoms with van der Waals surface area (Å²) in [6, 6.07) is 14.9. The van der Waals surface area contributed by atoms with Gasteiger partial charge < -0.3 is 5.32 Å². The monoisotopic (exact) mass is 360 g/mol. The van der Waals surface area contributed by atoms with E-state index in [1.165, 1.54) is 0 Å².